The first kappa shape index (κ1) is 89.3. The number of ether oxygens (including phenoxy) is 2. The van der Waals surface area contributed by atoms with E-state index in [0.717, 1.165) is 19.3 Å². The molecule has 0 radical (unpaired) electrons. The standard InChI is InChI=1S/C29H46O.C28H42N4O7.C20H34N4O4.Gd/c1-24(30)17-13-10-8-9-11-16-20-26(28(2,3)4)23-27(29(5,6)7)22-21-25-18-14-12-15-19-25;1-15-14-16(20(33)26(38)32(15)8)24(36)30-12-10-29-11-13-31-25(37)17-21(34)22(35)18(27(2,3)4)19(23(17)39-9)28(5,6)7;1-19(2,3)12-13(20(4,5)6)16(28-7)11(14(25)15(12)26)17(27)23-9-8-10-24-18(21)22;/h12,14-16,18-22,26-27H,8-11,13,17,23H2,1-7H3;14,29,33-35H,10-13H2,1-9H3,(H,30,36)(H,31,37);25-26H,8-10H2,1-7H3,(H,23,27)(H4,21,22,24);. The van der Waals surface area contributed by atoms with E-state index in [2.05, 4.69) is 122 Å². The van der Waals surface area contributed by atoms with Crippen molar-refractivity contribution < 1.29 is 94.1 Å². The third-order valence-corrected chi connectivity index (χ3v) is 16.7. The molecule has 0 spiro atoms. The zero-order valence-electron chi connectivity index (χ0n) is 63.3. The van der Waals surface area contributed by atoms with E-state index < -0.39 is 62.2 Å². The van der Waals surface area contributed by atoms with Gasteiger partial charge in [-0.05, 0) is 102 Å². The molecule has 3 amide bonds. The molecule has 2 atom stereocenters. The molecular weight excluding hydrogens is 1390 g/mol. The molecule has 1 aromatic heterocycles. The van der Waals surface area contributed by atoms with Gasteiger partial charge in [0, 0.05) is 121 Å². The van der Waals surface area contributed by atoms with Crippen LogP contribution >= 0.6 is 0 Å². The number of Topliss-reactive ketones (excluding diaryl/α,β-unsaturated/α-hetero) is 1. The Hall–Kier alpha value is -6.68. The van der Waals surface area contributed by atoms with Gasteiger partial charge in [-0.3, -0.25) is 24.2 Å². The number of rotatable bonds is 27. The van der Waals surface area contributed by atoms with Crippen molar-refractivity contribution in [3.05, 3.63) is 115 Å². The van der Waals surface area contributed by atoms with Crippen LogP contribution in [-0.4, -0.2) is 113 Å². The molecule has 13 N–H and O–H groups in total. The summed E-state index contributed by atoms with van der Waals surface area (Å²) < 4.78 is 12.4. The minimum atomic E-state index is -0.646. The molecule has 550 valence electrons. The molecule has 4 aromatic rings. The maximum atomic E-state index is 13.1. The number of ketones is 1. The van der Waals surface area contributed by atoms with Gasteiger partial charge in [0.15, 0.2) is 34.7 Å². The summed E-state index contributed by atoms with van der Waals surface area (Å²) in [6.07, 6.45) is 17.8. The number of aromatic hydroxyl groups is 5. The maximum Gasteiger partial charge on any atom is 0.293 e. The zero-order chi connectivity index (χ0) is 74.4. The van der Waals surface area contributed by atoms with E-state index in [1.807, 2.05) is 83.1 Å². The monoisotopic (exact) mass is 1510 g/mol. The summed E-state index contributed by atoms with van der Waals surface area (Å²) >= 11 is 0. The molecule has 3 aromatic carbocycles. The summed E-state index contributed by atoms with van der Waals surface area (Å²) in [4.78, 5) is 65.1. The van der Waals surface area contributed by atoms with Gasteiger partial charge >= 0.3 is 0 Å². The summed E-state index contributed by atoms with van der Waals surface area (Å²) in [6, 6.07) is 12.1. The minimum Gasteiger partial charge on any atom is -0.504 e. The van der Waals surface area contributed by atoms with Crippen LogP contribution in [-0.2, 0) is 33.5 Å². The molecule has 0 saturated heterocycles. The predicted molar refractivity (Wildman–Crippen MR) is 394 cm³/mol. The molecular formula is C77H122GdN8O12. The molecule has 0 saturated carbocycles. The van der Waals surface area contributed by atoms with E-state index in [9.17, 15) is 49.5 Å². The first-order valence-corrected chi connectivity index (χ1v) is 33.9. The molecule has 0 fully saturated rings. The molecule has 0 bridgehead atoms. The van der Waals surface area contributed by atoms with Crippen molar-refractivity contribution >= 4 is 35.5 Å². The zero-order valence-corrected chi connectivity index (χ0v) is 65.6. The molecule has 2 unspecified atom stereocenters. The van der Waals surface area contributed by atoms with Crippen LogP contribution in [0.15, 0.2) is 64.4 Å². The number of phenolic OH excluding ortho intramolecular Hbond substituents is 4. The quantitative estimate of drug-likeness (QED) is 0.00869. The first-order chi connectivity index (χ1) is 44.7. The molecule has 4 rings (SSSR count). The average molecular weight is 1510 g/mol. The second-order valence-corrected chi connectivity index (χ2v) is 31.3. The fourth-order valence-corrected chi connectivity index (χ4v) is 11.3. The number of guanidine groups is 1. The number of carbonyl (C=O) groups is 4. The average Bonchev–Trinajstić information content (AvgIpc) is 0.747. The van der Waals surface area contributed by atoms with Crippen molar-refractivity contribution in [1.29, 1.82) is 0 Å². The SMILES string of the molecule is CC(=O)CCCCCCC=CC(CC(C=Cc1ccccc1)C(C)(C)C)C(C)(C)C.COc1c(C(=O)NCCCN=C(N)N)c(O)c(O)c(C(C)(C)C)c1C(C)(C)C.COc1c(C(=O)NCCNCCNC(=O)c2cc(C)n(C)c(=O)c2O)c(O)c(O)c(C(C)(C)C)c1C(C)(C)C.[Gd]. The predicted octanol–water partition coefficient (Wildman–Crippen LogP) is 13.2. The number of hydrogen-bond donors (Lipinski definition) is 11. The van der Waals surface area contributed by atoms with Gasteiger partial charge in [-0.2, -0.15) is 0 Å². The van der Waals surface area contributed by atoms with Crippen LogP contribution in [0.3, 0.4) is 0 Å². The number of aromatic nitrogens is 1. The van der Waals surface area contributed by atoms with E-state index in [0.29, 0.717) is 78.2 Å². The van der Waals surface area contributed by atoms with Crippen LogP contribution in [0, 0.1) is 69.5 Å². The largest absolute Gasteiger partial charge is 0.504 e. The molecule has 0 aliphatic heterocycles. The smallest absolute Gasteiger partial charge is 0.293 e. The van der Waals surface area contributed by atoms with Gasteiger partial charge in [-0.1, -0.05) is 192 Å². The van der Waals surface area contributed by atoms with Gasteiger partial charge in [0.1, 0.15) is 28.4 Å². The van der Waals surface area contributed by atoms with Crippen LogP contribution in [0.5, 0.6) is 40.2 Å². The van der Waals surface area contributed by atoms with E-state index >= 15 is 0 Å². The van der Waals surface area contributed by atoms with Crippen molar-refractivity contribution in [1.82, 2.24) is 25.8 Å². The van der Waals surface area contributed by atoms with Crippen molar-refractivity contribution in [2.45, 2.75) is 212 Å². The van der Waals surface area contributed by atoms with Gasteiger partial charge < -0.3 is 77.1 Å². The number of carbonyl (C=O) groups excluding carboxylic acids is 4. The number of nitrogens with zero attached hydrogens (tertiary/aromatic N) is 2. The number of aryl methyl sites for hydroxylation is 1. The van der Waals surface area contributed by atoms with Gasteiger partial charge in [0.05, 0.1) is 19.8 Å². The normalized spacial score (nSPS) is 12.7. The summed E-state index contributed by atoms with van der Waals surface area (Å²) in [6.45, 7) is 42.6. The number of nitrogens with two attached hydrogens (primary N) is 2. The van der Waals surface area contributed by atoms with Crippen molar-refractivity contribution in [2.75, 3.05) is 53.5 Å². The van der Waals surface area contributed by atoms with E-state index in [-0.39, 0.29) is 110 Å². The van der Waals surface area contributed by atoms with E-state index in [4.69, 9.17) is 20.9 Å². The number of phenols is 4. The Labute approximate surface area is 617 Å². The van der Waals surface area contributed by atoms with E-state index in [1.165, 1.54) is 63.1 Å². The first-order valence-electron chi connectivity index (χ1n) is 33.9. The van der Waals surface area contributed by atoms with Crippen LogP contribution in [0.25, 0.3) is 6.08 Å². The Morgan fingerprint density at radius 1 is 0.571 bits per heavy atom. The third-order valence-electron chi connectivity index (χ3n) is 16.7. The summed E-state index contributed by atoms with van der Waals surface area (Å²) in [5.41, 5.74) is 12.3. The minimum absolute atomic E-state index is 0. The fourth-order valence-electron chi connectivity index (χ4n) is 11.3. The summed E-state index contributed by atoms with van der Waals surface area (Å²) in [5, 5.41) is 64.3. The Balaban J connectivity index is 0.000000744. The number of pyridine rings is 1. The van der Waals surface area contributed by atoms with Crippen molar-refractivity contribution in [2.24, 2.45) is 46.2 Å². The second kappa shape index (κ2) is 39.4. The van der Waals surface area contributed by atoms with Gasteiger partial charge in [0.25, 0.3) is 23.3 Å². The Morgan fingerprint density at radius 3 is 1.42 bits per heavy atom. The number of nitrogens with one attached hydrogen (secondary N) is 4. The Bertz CT molecular complexity index is 3420. The van der Waals surface area contributed by atoms with Crippen LogP contribution in [0.1, 0.15) is 248 Å². The van der Waals surface area contributed by atoms with Gasteiger partial charge in [-0.15, -0.1) is 0 Å². The fraction of sp³-hybridized carbons (Fsp3) is 0.584. The van der Waals surface area contributed by atoms with Gasteiger partial charge in [0.2, 0.25) is 0 Å². The second-order valence-electron chi connectivity index (χ2n) is 31.3. The molecule has 1 heterocycles. The van der Waals surface area contributed by atoms with Crippen molar-refractivity contribution in [3.63, 3.8) is 0 Å². The maximum absolute atomic E-state index is 13.1. The molecule has 0 aliphatic rings. The number of hydrogen-bond acceptors (Lipinski definition) is 14. The third kappa shape index (κ3) is 27.5. The van der Waals surface area contributed by atoms with E-state index in [1.54, 1.807) is 13.8 Å². The van der Waals surface area contributed by atoms with Gasteiger partial charge in [-0.25, -0.2) is 0 Å². The van der Waals surface area contributed by atoms with Crippen LogP contribution < -0.4 is 47.8 Å². The Morgan fingerprint density at radius 2 is 1.00 bits per heavy atom. The molecule has 20 nitrogen and oxygen atoms in total. The molecule has 21 heteroatoms. The van der Waals surface area contributed by atoms with Crippen molar-refractivity contribution in [3.8, 4) is 40.2 Å². The Kier molecular flexibility index (Phi) is 35.9. The number of benzene rings is 3. The summed E-state index contributed by atoms with van der Waals surface area (Å²) in [7, 11) is 4.38. The van der Waals surface area contributed by atoms with Crippen LogP contribution in [0.2, 0.25) is 0 Å². The number of unbranched alkanes of at least 4 members (excludes halogenated alkanes) is 4. The summed E-state index contributed by atoms with van der Waals surface area (Å²) in [5.74, 6) is -2.13. The number of amides is 3. The molecule has 98 heavy (non-hydrogen) atoms. The van der Waals surface area contributed by atoms with Crippen LogP contribution in [0.4, 0.5) is 0 Å². The molecule has 0 aliphatic carbocycles. The topological polar surface area (TPSA) is 322 Å². The number of aliphatic imine (C=N–C) groups is 1. The number of methoxy groups -OCH3 is 2. The number of allylic oxidation sites excluding steroid dienone is 3.